The molecule has 158 valence electrons. The molecule has 0 aromatic heterocycles. The first-order valence-electron chi connectivity index (χ1n) is 10.0. The Morgan fingerprint density at radius 3 is 2.21 bits per heavy atom. The van der Waals surface area contributed by atoms with Gasteiger partial charge >= 0.3 is 0 Å². The SMILES string of the molecule is CCC(=O)N(c1ccc(F)cc1)[C@H]1CCN(CCc2ccc(F)cc2)C[C@@H]1C.Cl. The molecule has 2 aromatic carbocycles. The third kappa shape index (κ3) is 6.00. The van der Waals surface area contributed by atoms with Crippen molar-refractivity contribution in [2.75, 3.05) is 24.5 Å². The first kappa shape index (κ1) is 23.3. The highest BCUT2D eigenvalue weighted by Crippen LogP contribution is 2.28. The molecule has 2 aromatic rings. The van der Waals surface area contributed by atoms with Crippen LogP contribution in [0.3, 0.4) is 0 Å². The fourth-order valence-electron chi connectivity index (χ4n) is 4.04. The molecular formula is C23H29ClF2N2O. The van der Waals surface area contributed by atoms with Crippen molar-refractivity contribution in [3.8, 4) is 0 Å². The number of likely N-dealkylation sites (tertiary alicyclic amines) is 1. The van der Waals surface area contributed by atoms with Crippen molar-refractivity contribution >= 4 is 24.0 Å². The van der Waals surface area contributed by atoms with E-state index in [0.717, 1.165) is 43.7 Å². The van der Waals surface area contributed by atoms with Gasteiger partial charge in [0.05, 0.1) is 0 Å². The third-order valence-electron chi connectivity index (χ3n) is 5.58. The molecule has 2 atom stereocenters. The molecule has 1 fully saturated rings. The highest BCUT2D eigenvalue weighted by molar-refractivity contribution is 5.93. The number of hydrogen-bond donors (Lipinski definition) is 0. The lowest BCUT2D eigenvalue weighted by molar-refractivity contribution is -0.119. The predicted molar refractivity (Wildman–Crippen MR) is 116 cm³/mol. The minimum Gasteiger partial charge on any atom is -0.309 e. The maximum absolute atomic E-state index is 13.3. The second-order valence-corrected chi connectivity index (χ2v) is 7.60. The molecule has 29 heavy (non-hydrogen) atoms. The minimum atomic E-state index is -0.295. The summed E-state index contributed by atoms with van der Waals surface area (Å²) < 4.78 is 26.4. The van der Waals surface area contributed by atoms with E-state index >= 15 is 0 Å². The number of amides is 1. The molecular weight excluding hydrogens is 394 g/mol. The Kier molecular flexibility index (Phi) is 8.60. The molecule has 0 saturated carbocycles. The fraction of sp³-hybridized carbons (Fsp3) is 0.435. The van der Waals surface area contributed by atoms with E-state index in [9.17, 15) is 13.6 Å². The summed E-state index contributed by atoms with van der Waals surface area (Å²) in [6.07, 6.45) is 2.19. The molecule has 3 nitrogen and oxygen atoms in total. The van der Waals surface area contributed by atoms with Crippen LogP contribution in [0.2, 0.25) is 0 Å². The van der Waals surface area contributed by atoms with Gasteiger partial charge in [0.1, 0.15) is 11.6 Å². The van der Waals surface area contributed by atoms with E-state index < -0.39 is 0 Å². The number of hydrogen-bond acceptors (Lipinski definition) is 2. The largest absolute Gasteiger partial charge is 0.309 e. The van der Waals surface area contributed by atoms with E-state index in [0.29, 0.717) is 12.3 Å². The van der Waals surface area contributed by atoms with Crippen LogP contribution in [0.4, 0.5) is 14.5 Å². The lowest BCUT2D eigenvalue weighted by Gasteiger charge is -2.42. The average Bonchev–Trinajstić information content (AvgIpc) is 2.70. The molecule has 0 spiro atoms. The molecule has 0 aliphatic carbocycles. The van der Waals surface area contributed by atoms with E-state index in [1.807, 2.05) is 24.0 Å². The van der Waals surface area contributed by atoms with Crippen LogP contribution in [0.5, 0.6) is 0 Å². The van der Waals surface area contributed by atoms with Gasteiger partial charge in [-0.3, -0.25) is 4.79 Å². The van der Waals surface area contributed by atoms with Crippen molar-refractivity contribution in [3.05, 3.63) is 65.7 Å². The Morgan fingerprint density at radius 2 is 1.66 bits per heavy atom. The number of benzene rings is 2. The van der Waals surface area contributed by atoms with Gasteiger partial charge in [-0.2, -0.15) is 0 Å². The van der Waals surface area contributed by atoms with Gasteiger partial charge in [-0.1, -0.05) is 26.0 Å². The maximum atomic E-state index is 13.3. The van der Waals surface area contributed by atoms with Crippen molar-refractivity contribution in [2.45, 2.75) is 39.2 Å². The predicted octanol–water partition coefficient (Wildman–Crippen LogP) is 5.08. The number of piperidine rings is 1. The van der Waals surface area contributed by atoms with Crippen LogP contribution in [-0.2, 0) is 11.2 Å². The van der Waals surface area contributed by atoms with Crippen molar-refractivity contribution in [1.82, 2.24) is 4.90 Å². The zero-order chi connectivity index (χ0) is 20.1. The van der Waals surface area contributed by atoms with Crippen LogP contribution in [0.1, 0.15) is 32.3 Å². The van der Waals surface area contributed by atoms with Crippen molar-refractivity contribution in [1.29, 1.82) is 0 Å². The molecule has 0 unspecified atom stereocenters. The number of halogens is 3. The molecule has 0 bridgehead atoms. The summed E-state index contributed by atoms with van der Waals surface area (Å²) in [4.78, 5) is 16.9. The van der Waals surface area contributed by atoms with Crippen LogP contribution >= 0.6 is 12.4 Å². The topological polar surface area (TPSA) is 23.6 Å². The van der Waals surface area contributed by atoms with Gasteiger partial charge in [0.15, 0.2) is 0 Å². The van der Waals surface area contributed by atoms with Crippen molar-refractivity contribution < 1.29 is 13.6 Å². The average molecular weight is 423 g/mol. The summed E-state index contributed by atoms with van der Waals surface area (Å²) in [7, 11) is 0. The smallest absolute Gasteiger partial charge is 0.226 e. The monoisotopic (exact) mass is 422 g/mol. The number of carbonyl (C=O) groups is 1. The molecule has 0 N–H and O–H groups in total. The van der Waals surface area contributed by atoms with E-state index in [1.165, 1.54) is 24.3 Å². The first-order valence-corrected chi connectivity index (χ1v) is 10.0. The third-order valence-corrected chi connectivity index (χ3v) is 5.58. The Balaban J connectivity index is 0.00000300. The lowest BCUT2D eigenvalue weighted by Crippen LogP contribution is -2.52. The Morgan fingerprint density at radius 1 is 1.07 bits per heavy atom. The summed E-state index contributed by atoms with van der Waals surface area (Å²) in [6.45, 7) is 6.77. The van der Waals surface area contributed by atoms with Gasteiger partial charge in [-0.05, 0) is 60.7 Å². The van der Waals surface area contributed by atoms with Gasteiger partial charge in [-0.25, -0.2) is 8.78 Å². The summed E-state index contributed by atoms with van der Waals surface area (Å²) in [5.41, 5.74) is 1.90. The fourth-order valence-corrected chi connectivity index (χ4v) is 4.04. The highest BCUT2D eigenvalue weighted by Gasteiger charge is 2.33. The van der Waals surface area contributed by atoms with Crippen LogP contribution < -0.4 is 4.90 Å². The number of anilines is 1. The van der Waals surface area contributed by atoms with Gasteiger partial charge in [0.25, 0.3) is 0 Å². The Labute approximate surface area is 178 Å². The van der Waals surface area contributed by atoms with Crippen molar-refractivity contribution in [3.63, 3.8) is 0 Å². The van der Waals surface area contributed by atoms with Crippen molar-refractivity contribution in [2.24, 2.45) is 5.92 Å². The minimum absolute atomic E-state index is 0. The Hall–Kier alpha value is -1.98. The molecule has 0 radical (unpaired) electrons. The first-order chi connectivity index (χ1) is 13.5. The van der Waals surface area contributed by atoms with Crippen LogP contribution in [0.25, 0.3) is 0 Å². The normalized spacial score (nSPS) is 19.4. The van der Waals surface area contributed by atoms with Gasteiger partial charge in [-0.15, -0.1) is 12.4 Å². The second-order valence-electron chi connectivity index (χ2n) is 7.60. The van der Waals surface area contributed by atoms with Gasteiger partial charge in [0.2, 0.25) is 5.91 Å². The summed E-state index contributed by atoms with van der Waals surface area (Å²) in [5, 5.41) is 0. The summed E-state index contributed by atoms with van der Waals surface area (Å²) in [6, 6.07) is 13.0. The lowest BCUT2D eigenvalue weighted by atomic mass is 9.91. The zero-order valence-corrected chi connectivity index (χ0v) is 17.8. The molecule has 1 aliphatic heterocycles. The molecule has 6 heteroatoms. The zero-order valence-electron chi connectivity index (χ0n) is 17.0. The molecule has 1 amide bonds. The number of nitrogens with zero attached hydrogens (tertiary/aromatic N) is 2. The van der Waals surface area contributed by atoms with E-state index in [2.05, 4.69) is 11.8 Å². The quantitative estimate of drug-likeness (QED) is 0.647. The van der Waals surface area contributed by atoms with Crippen LogP contribution in [0.15, 0.2) is 48.5 Å². The van der Waals surface area contributed by atoms with E-state index in [4.69, 9.17) is 0 Å². The highest BCUT2D eigenvalue weighted by atomic mass is 35.5. The van der Waals surface area contributed by atoms with Crippen LogP contribution in [0, 0.1) is 17.6 Å². The molecule has 1 heterocycles. The standard InChI is InChI=1S/C23H28F2N2O.ClH/c1-3-23(28)27(21-10-8-20(25)9-11-21)22-13-15-26(16-17(22)2)14-12-18-4-6-19(24)7-5-18;/h4-11,17,22H,3,12-16H2,1-2H3;1H/t17-,22-;/m0./s1. The maximum Gasteiger partial charge on any atom is 0.226 e. The Bertz CT molecular complexity index is 782. The number of rotatable bonds is 6. The summed E-state index contributed by atoms with van der Waals surface area (Å²) in [5.74, 6) is -0.123. The van der Waals surface area contributed by atoms with Crippen LogP contribution in [-0.4, -0.2) is 36.5 Å². The molecule has 1 saturated heterocycles. The molecule has 3 rings (SSSR count). The van der Waals surface area contributed by atoms with Gasteiger partial charge < -0.3 is 9.80 Å². The van der Waals surface area contributed by atoms with E-state index in [-0.39, 0.29) is 36.0 Å². The number of carbonyl (C=O) groups excluding carboxylic acids is 1. The summed E-state index contributed by atoms with van der Waals surface area (Å²) >= 11 is 0. The molecule has 1 aliphatic rings. The van der Waals surface area contributed by atoms with E-state index in [1.54, 1.807) is 12.1 Å². The van der Waals surface area contributed by atoms with Gasteiger partial charge in [0, 0.05) is 37.8 Å². The second kappa shape index (κ2) is 10.7.